The lowest BCUT2D eigenvalue weighted by atomic mass is 10.4. The molecule has 2 atom stereocenters. The summed E-state index contributed by atoms with van der Waals surface area (Å²) in [6.07, 6.45) is 2.45. The number of hydrogen-bond donors (Lipinski definition) is 1. The van der Waals surface area contributed by atoms with E-state index in [4.69, 9.17) is 14.2 Å². The molecule has 2 unspecified atom stereocenters. The van der Waals surface area contributed by atoms with Crippen molar-refractivity contribution in [2.45, 2.75) is 52.7 Å². The van der Waals surface area contributed by atoms with Gasteiger partial charge in [0.15, 0.2) is 0 Å². The van der Waals surface area contributed by atoms with Gasteiger partial charge in [-0.1, -0.05) is 13.8 Å². The molecule has 0 aliphatic heterocycles. The lowest BCUT2D eigenvalue weighted by molar-refractivity contribution is -0.0567. The van der Waals surface area contributed by atoms with Crippen LogP contribution in [-0.2, 0) is 14.2 Å². The Bertz CT molecular complexity index is 133. The second-order valence-corrected chi connectivity index (χ2v) is 3.90. The third kappa shape index (κ3) is 11.9. The minimum Gasteiger partial charge on any atom is -0.379 e. The Kier molecular flexibility index (Phi) is 14.7. The average molecular weight is 235 g/mol. The summed E-state index contributed by atoms with van der Waals surface area (Å²) in [6, 6.07) is 0. The van der Waals surface area contributed by atoms with E-state index in [2.05, 4.69) is 13.8 Å². The second kappa shape index (κ2) is 12.9. The molecule has 0 aliphatic rings. The smallest absolute Gasteiger partial charge is 0.0781 e. The summed E-state index contributed by atoms with van der Waals surface area (Å²) < 4.78 is 16.5. The zero-order valence-electron chi connectivity index (χ0n) is 11.3. The first kappa shape index (κ1) is 18.2. The Balaban J connectivity index is 0. The van der Waals surface area contributed by atoms with Gasteiger partial charge in [0.1, 0.15) is 0 Å². The van der Waals surface area contributed by atoms with E-state index in [1.807, 2.05) is 13.8 Å². The highest BCUT2D eigenvalue weighted by atomic mass is 16.6. The van der Waals surface area contributed by atoms with E-state index < -0.39 is 0 Å². The molecule has 3 N–H and O–H groups in total. The van der Waals surface area contributed by atoms with Gasteiger partial charge in [-0.25, -0.2) is 0 Å². The lowest BCUT2D eigenvalue weighted by Gasteiger charge is -2.17. The molecule has 100 valence electrons. The first-order valence-electron chi connectivity index (χ1n) is 6.01. The molecule has 0 rings (SSSR count). The van der Waals surface area contributed by atoms with Gasteiger partial charge in [-0.05, 0) is 26.7 Å². The summed E-state index contributed by atoms with van der Waals surface area (Å²) >= 11 is 0. The first-order chi connectivity index (χ1) is 7.20. The number of ether oxygens (including phenoxy) is 3. The topological polar surface area (TPSA) is 62.7 Å². The van der Waals surface area contributed by atoms with Crippen LogP contribution in [0.2, 0.25) is 0 Å². The van der Waals surface area contributed by atoms with Crippen LogP contribution in [0.4, 0.5) is 0 Å². The summed E-state index contributed by atoms with van der Waals surface area (Å²) in [4.78, 5) is 0. The van der Waals surface area contributed by atoms with Crippen LogP contribution in [0.25, 0.3) is 0 Å². The maximum Gasteiger partial charge on any atom is 0.0781 e. The molecule has 0 aromatic heterocycles. The van der Waals surface area contributed by atoms with Gasteiger partial charge < -0.3 is 20.4 Å². The van der Waals surface area contributed by atoms with Crippen LogP contribution >= 0.6 is 0 Å². The maximum absolute atomic E-state index is 5.60. The maximum atomic E-state index is 5.60. The van der Waals surface area contributed by atoms with Crippen molar-refractivity contribution in [2.24, 2.45) is 0 Å². The Morgan fingerprint density at radius 3 is 1.94 bits per heavy atom. The van der Waals surface area contributed by atoms with Gasteiger partial charge in [-0.3, -0.25) is 0 Å². The van der Waals surface area contributed by atoms with E-state index in [1.54, 1.807) is 0 Å². The van der Waals surface area contributed by atoms with E-state index in [1.165, 1.54) is 0 Å². The average Bonchev–Trinajstić information content (AvgIpc) is 2.24. The van der Waals surface area contributed by atoms with Crippen LogP contribution < -0.4 is 6.15 Å². The standard InChI is InChI=1S/C12H26O3.H3N/c1-5-7-13-9-11(3)15-10-12(4)14-8-6-2;/h11-12H,5-10H2,1-4H3;1H3. The molecule has 0 saturated carbocycles. The van der Waals surface area contributed by atoms with Crippen molar-refractivity contribution in [3.63, 3.8) is 0 Å². The van der Waals surface area contributed by atoms with E-state index >= 15 is 0 Å². The first-order valence-corrected chi connectivity index (χ1v) is 6.01. The predicted molar refractivity (Wildman–Crippen MR) is 67.3 cm³/mol. The lowest BCUT2D eigenvalue weighted by Crippen LogP contribution is -2.23. The zero-order valence-corrected chi connectivity index (χ0v) is 11.3. The van der Waals surface area contributed by atoms with Crippen molar-refractivity contribution in [3.8, 4) is 0 Å². The zero-order chi connectivity index (χ0) is 11.5. The van der Waals surface area contributed by atoms with Crippen molar-refractivity contribution >= 4 is 0 Å². The molecule has 0 aliphatic carbocycles. The third-order valence-corrected chi connectivity index (χ3v) is 1.92. The monoisotopic (exact) mass is 235 g/mol. The summed E-state index contributed by atoms with van der Waals surface area (Å²) in [5, 5.41) is 0. The highest BCUT2D eigenvalue weighted by molar-refractivity contribution is 4.52. The molecule has 0 fully saturated rings. The molecule has 0 aromatic carbocycles. The summed E-state index contributed by atoms with van der Waals surface area (Å²) in [6.45, 7) is 11.2. The van der Waals surface area contributed by atoms with Crippen molar-refractivity contribution in [3.05, 3.63) is 0 Å². The highest BCUT2D eigenvalue weighted by Crippen LogP contribution is 1.98. The Labute approximate surface area is 100 Å². The molecule has 16 heavy (non-hydrogen) atoms. The van der Waals surface area contributed by atoms with Crippen LogP contribution in [0, 0.1) is 0 Å². The fraction of sp³-hybridized carbons (Fsp3) is 1.00. The van der Waals surface area contributed by atoms with Crippen LogP contribution in [-0.4, -0.2) is 38.6 Å². The summed E-state index contributed by atoms with van der Waals surface area (Å²) in [5.41, 5.74) is 0. The number of rotatable bonds is 10. The molecule has 0 spiro atoms. The normalized spacial score (nSPS) is 14.2. The SMILES string of the molecule is CCCOCC(C)OCC(C)OCCC.N. The van der Waals surface area contributed by atoms with E-state index in [-0.39, 0.29) is 18.4 Å². The van der Waals surface area contributed by atoms with Crippen LogP contribution in [0.5, 0.6) is 0 Å². The van der Waals surface area contributed by atoms with Crippen LogP contribution in [0.15, 0.2) is 0 Å². The molecule has 0 amide bonds. The molecule has 0 radical (unpaired) electrons. The van der Waals surface area contributed by atoms with Gasteiger partial charge in [0, 0.05) is 13.2 Å². The quantitative estimate of drug-likeness (QED) is 0.591. The highest BCUT2D eigenvalue weighted by Gasteiger charge is 2.06. The Morgan fingerprint density at radius 2 is 1.38 bits per heavy atom. The molecule has 4 nitrogen and oxygen atoms in total. The van der Waals surface area contributed by atoms with Gasteiger partial charge in [0.2, 0.25) is 0 Å². The summed E-state index contributed by atoms with van der Waals surface area (Å²) in [5.74, 6) is 0. The van der Waals surface area contributed by atoms with Crippen molar-refractivity contribution < 1.29 is 14.2 Å². The number of hydrogen-bond acceptors (Lipinski definition) is 4. The van der Waals surface area contributed by atoms with Crippen LogP contribution in [0.3, 0.4) is 0 Å². The van der Waals surface area contributed by atoms with E-state index in [0.29, 0.717) is 13.2 Å². The van der Waals surface area contributed by atoms with Crippen molar-refractivity contribution in [2.75, 3.05) is 26.4 Å². The molecule has 0 saturated heterocycles. The van der Waals surface area contributed by atoms with E-state index in [0.717, 1.165) is 26.1 Å². The van der Waals surface area contributed by atoms with E-state index in [9.17, 15) is 0 Å². The van der Waals surface area contributed by atoms with Gasteiger partial charge in [0.05, 0.1) is 25.4 Å². The van der Waals surface area contributed by atoms with Gasteiger partial charge in [-0.15, -0.1) is 0 Å². The van der Waals surface area contributed by atoms with Crippen molar-refractivity contribution in [1.29, 1.82) is 0 Å². The minimum absolute atomic E-state index is 0. The Hall–Kier alpha value is -0.160. The molecule has 0 aromatic rings. The third-order valence-electron chi connectivity index (χ3n) is 1.92. The van der Waals surface area contributed by atoms with Gasteiger partial charge >= 0.3 is 0 Å². The fourth-order valence-electron chi connectivity index (χ4n) is 1.11. The Morgan fingerprint density at radius 1 is 0.812 bits per heavy atom. The molecular weight excluding hydrogens is 206 g/mol. The molecule has 0 bridgehead atoms. The van der Waals surface area contributed by atoms with Crippen molar-refractivity contribution in [1.82, 2.24) is 6.15 Å². The van der Waals surface area contributed by atoms with Crippen LogP contribution in [0.1, 0.15) is 40.5 Å². The van der Waals surface area contributed by atoms with Gasteiger partial charge in [-0.2, -0.15) is 0 Å². The predicted octanol–water partition coefficient (Wildman–Crippen LogP) is 2.80. The molecule has 0 heterocycles. The largest absolute Gasteiger partial charge is 0.379 e. The fourth-order valence-corrected chi connectivity index (χ4v) is 1.11. The second-order valence-electron chi connectivity index (χ2n) is 3.90. The molecular formula is C12H29NO3. The molecule has 4 heteroatoms. The summed E-state index contributed by atoms with van der Waals surface area (Å²) in [7, 11) is 0. The van der Waals surface area contributed by atoms with Gasteiger partial charge in [0.25, 0.3) is 0 Å². The minimum atomic E-state index is 0.